The van der Waals surface area contributed by atoms with Crippen molar-refractivity contribution in [2.75, 3.05) is 20.2 Å². The Morgan fingerprint density at radius 2 is 2.11 bits per heavy atom. The Morgan fingerprint density at radius 1 is 1.42 bits per heavy atom. The second kappa shape index (κ2) is 7.92. The SMILES string of the molecule is CCN(Cc1ccccc1C)C(=O)CC(CN)OC. The Morgan fingerprint density at radius 3 is 2.63 bits per heavy atom. The first-order chi connectivity index (χ1) is 9.12. The first kappa shape index (κ1) is 15.7. The van der Waals surface area contributed by atoms with Crippen molar-refractivity contribution in [3.05, 3.63) is 35.4 Å². The number of hydrogen-bond acceptors (Lipinski definition) is 3. The molecule has 1 amide bonds. The Balaban J connectivity index is 2.68. The normalized spacial score (nSPS) is 12.2. The third-order valence-electron chi connectivity index (χ3n) is 3.36. The topological polar surface area (TPSA) is 55.6 Å². The summed E-state index contributed by atoms with van der Waals surface area (Å²) in [5.74, 6) is 0.0862. The first-order valence-electron chi connectivity index (χ1n) is 6.67. The van der Waals surface area contributed by atoms with E-state index in [4.69, 9.17) is 10.5 Å². The molecule has 1 unspecified atom stereocenters. The second-order valence-electron chi connectivity index (χ2n) is 4.63. The lowest BCUT2D eigenvalue weighted by Gasteiger charge is -2.24. The quantitative estimate of drug-likeness (QED) is 0.815. The van der Waals surface area contributed by atoms with Gasteiger partial charge in [0.05, 0.1) is 12.5 Å². The van der Waals surface area contributed by atoms with E-state index in [2.05, 4.69) is 19.1 Å². The third-order valence-corrected chi connectivity index (χ3v) is 3.36. The van der Waals surface area contributed by atoms with Crippen molar-refractivity contribution in [1.29, 1.82) is 0 Å². The molecule has 0 saturated carbocycles. The number of carbonyl (C=O) groups is 1. The number of nitrogens with zero attached hydrogens (tertiary/aromatic N) is 1. The highest BCUT2D eigenvalue weighted by Gasteiger charge is 2.17. The van der Waals surface area contributed by atoms with Crippen LogP contribution in [0.15, 0.2) is 24.3 Å². The lowest BCUT2D eigenvalue weighted by molar-refractivity contribution is -0.134. The van der Waals surface area contributed by atoms with Gasteiger partial charge in [0, 0.05) is 26.7 Å². The summed E-state index contributed by atoms with van der Waals surface area (Å²) in [5, 5.41) is 0. The smallest absolute Gasteiger partial charge is 0.225 e. The molecule has 1 atom stereocenters. The predicted molar refractivity (Wildman–Crippen MR) is 76.7 cm³/mol. The van der Waals surface area contributed by atoms with Crippen LogP contribution in [0.25, 0.3) is 0 Å². The van der Waals surface area contributed by atoms with Crippen molar-refractivity contribution in [3.8, 4) is 0 Å². The van der Waals surface area contributed by atoms with E-state index in [-0.39, 0.29) is 12.0 Å². The van der Waals surface area contributed by atoms with E-state index in [1.54, 1.807) is 7.11 Å². The number of amides is 1. The molecule has 0 spiro atoms. The van der Waals surface area contributed by atoms with Gasteiger partial charge in [0.15, 0.2) is 0 Å². The standard InChI is InChI=1S/C15H24N2O2/c1-4-17(15(18)9-14(10-16)19-3)11-13-8-6-5-7-12(13)2/h5-8,14H,4,9-11,16H2,1-3H3. The molecule has 0 radical (unpaired) electrons. The number of aryl methyl sites for hydroxylation is 1. The Kier molecular flexibility index (Phi) is 6.53. The molecule has 106 valence electrons. The van der Waals surface area contributed by atoms with Crippen molar-refractivity contribution in [1.82, 2.24) is 4.90 Å². The number of nitrogens with two attached hydrogens (primary N) is 1. The van der Waals surface area contributed by atoms with Gasteiger partial charge in [-0.3, -0.25) is 4.79 Å². The van der Waals surface area contributed by atoms with Gasteiger partial charge in [-0.2, -0.15) is 0 Å². The van der Waals surface area contributed by atoms with Gasteiger partial charge in [0.1, 0.15) is 0 Å². The van der Waals surface area contributed by atoms with Crippen molar-refractivity contribution in [3.63, 3.8) is 0 Å². The van der Waals surface area contributed by atoms with E-state index in [1.165, 1.54) is 11.1 Å². The van der Waals surface area contributed by atoms with Crippen molar-refractivity contribution >= 4 is 5.91 Å². The predicted octanol–water partition coefficient (Wildman–Crippen LogP) is 1.71. The van der Waals surface area contributed by atoms with E-state index >= 15 is 0 Å². The summed E-state index contributed by atoms with van der Waals surface area (Å²) < 4.78 is 5.17. The van der Waals surface area contributed by atoms with Gasteiger partial charge in [-0.1, -0.05) is 24.3 Å². The molecule has 0 fully saturated rings. The molecule has 4 heteroatoms. The van der Waals surface area contributed by atoms with Crippen molar-refractivity contribution in [2.45, 2.75) is 32.9 Å². The van der Waals surface area contributed by atoms with E-state index in [1.807, 2.05) is 24.0 Å². The van der Waals surface area contributed by atoms with Crippen LogP contribution in [0.5, 0.6) is 0 Å². The fraction of sp³-hybridized carbons (Fsp3) is 0.533. The molecular weight excluding hydrogens is 240 g/mol. The van der Waals surface area contributed by atoms with Gasteiger partial charge in [-0.05, 0) is 25.0 Å². The van der Waals surface area contributed by atoms with Crippen LogP contribution in [0.4, 0.5) is 0 Å². The highest BCUT2D eigenvalue weighted by atomic mass is 16.5. The Labute approximate surface area is 115 Å². The van der Waals surface area contributed by atoms with Gasteiger partial charge in [0.2, 0.25) is 5.91 Å². The van der Waals surface area contributed by atoms with E-state index in [0.29, 0.717) is 26.1 Å². The summed E-state index contributed by atoms with van der Waals surface area (Å²) in [6.07, 6.45) is 0.144. The zero-order valence-electron chi connectivity index (χ0n) is 12.1. The Hall–Kier alpha value is -1.39. The number of benzene rings is 1. The third kappa shape index (κ3) is 4.65. The molecule has 2 N–H and O–H groups in total. The van der Waals surface area contributed by atoms with Crippen LogP contribution in [0, 0.1) is 6.92 Å². The van der Waals surface area contributed by atoms with Gasteiger partial charge in [-0.25, -0.2) is 0 Å². The average Bonchev–Trinajstić information content (AvgIpc) is 2.43. The molecule has 0 aromatic heterocycles. The van der Waals surface area contributed by atoms with Gasteiger partial charge < -0.3 is 15.4 Å². The average molecular weight is 264 g/mol. The van der Waals surface area contributed by atoms with Gasteiger partial charge in [0.25, 0.3) is 0 Å². The van der Waals surface area contributed by atoms with E-state index in [9.17, 15) is 4.79 Å². The lowest BCUT2D eigenvalue weighted by Crippen LogP contribution is -2.35. The second-order valence-corrected chi connectivity index (χ2v) is 4.63. The molecule has 4 nitrogen and oxygen atoms in total. The zero-order valence-corrected chi connectivity index (χ0v) is 12.1. The molecule has 0 heterocycles. The van der Waals surface area contributed by atoms with Crippen LogP contribution >= 0.6 is 0 Å². The maximum atomic E-state index is 12.2. The van der Waals surface area contributed by atoms with Gasteiger partial charge >= 0.3 is 0 Å². The lowest BCUT2D eigenvalue weighted by atomic mass is 10.1. The van der Waals surface area contributed by atoms with Crippen LogP contribution in [0.3, 0.4) is 0 Å². The minimum Gasteiger partial charge on any atom is -0.380 e. The number of rotatable bonds is 7. The van der Waals surface area contributed by atoms with Crippen LogP contribution < -0.4 is 5.73 Å². The molecule has 1 aromatic rings. The number of carbonyl (C=O) groups excluding carboxylic acids is 1. The highest BCUT2D eigenvalue weighted by Crippen LogP contribution is 2.12. The summed E-state index contributed by atoms with van der Waals surface area (Å²) in [4.78, 5) is 14.0. The summed E-state index contributed by atoms with van der Waals surface area (Å²) in [5.41, 5.74) is 7.94. The molecule has 0 aliphatic heterocycles. The largest absolute Gasteiger partial charge is 0.380 e. The maximum absolute atomic E-state index is 12.2. The summed E-state index contributed by atoms with van der Waals surface area (Å²) in [6, 6.07) is 8.12. The molecule has 0 bridgehead atoms. The van der Waals surface area contributed by atoms with Crippen LogP contribution in [-0.2, 0) is 16.1 Å². The van der Waals surface area contributed by atoms with E-state index in [0.717, 1.165) is 0 Å². The highest BCUT2D eigenvalue weighted by molar-refractivity contribution is 5.76. The zero-order chi connectivity index (χ0) is 14.3. The monoisotopic (exact) mass is 264 g/mol. The fourth-order valence-corrected chi connectivity index (χ4v) is 1.96. The molecule has 19 heavy (non-hydrogen) atoms. The maximum Gasteiger partial charge on any atom is 0.225 e. The number of methoxy groups -OCH3 is 1. The minimum absolute atomic E-state index is 0.0862. The summed E-state index contributed by atoms with van der Waals surface area (Å²) in [7, 11) is 1.59. The fourth-order valence-electron chi connectivity index (χ4n) is 1.96. The van der Waals surface area contributed by atoms with Gasteiger partial charge in [-0.15, -0.1) is 0 Å². The Bertz CT molecular complexity index is 403. The summed E-state index contributed by atoms with van der Waals surface area (Å²) in [6.45, 7) is 5.74. The van der Waals surface area contributed by atoms with Crippen molar-refractivity contribution < 1.29 is 9.53 Å². The van der Waals surface area contributed by atoms with Crippen LogP contribution in [-0.4, -0.2) is 37.1 Å². The summed E-state index contributed by atoms with van der Waals surface area (Å²) >= 11 is 0. The molecular formula is C15H24N2O2. The first-order valence-corrected chi connectivity index (χ1v) is 6.67. The minimum atomic E-state index is -0.196. The number of ether oxygens (including phenoxy) is 1. The molecule has 1 rings (SSSR count). The van der Waals surface area contributed by atoms with E-state index < -0.39 is 0 Å². The molecule has 0 saturated heterocycles. The van der Waals surface area contributed by atoms with Crippen LogP contribution in [0.1, 0.15) is 24.5 Å². The molecule has 0 aliphatic rings. The van der Waals surface area contributed by atoms with Crippen molar-refractivity contribution in [2.24, 2.45) is 5.73 Å². The molecule has 0 aliphatic carbocycles. The van der Waals surface area contributed by atoms with Crippen LogP contribution in [0.2, 0.25) is 0 Å². The number of hydrogen-bond donors (Lipinski definition) is 1. The molecule has 1 aromatic carbocycles.